The largest absolute Gasteiger partial charge is 0.350 e. The molecule has 3 fully saturated rings. The average molecular weight is 336 g/mol. The van der Waals surface area contributed by atoms with E-state index in [-0.39, 0.29) is 30.3 Å². The van der Waals surface area contributed by atoms with Crippen LogP contribution >= 0.6 is 0 Å². The van der Waals surface area contributed by atoms with Gasteiger partial charge in [0.1, 0.15) is 12.1 Å². The molecule has 0 aromatic carbocycles. The van der Waals surface area contributed by atoms with Crippen LogP contribution in [0, 0.1) is 11.8 Å². The van der Waals surface area contributed by atoms with E-state index in [1.165, 1.54) is 0 Å². The van der Waals surface area contributed by atoms with Gasteiger partial charge >= 0.3 is 6.03 Å². The van der Waals surface area contributed by atoms with Gasteiger partial charge in [0.25, 0.3) is 5.91 Å². The molecule has 0 radical (unpaired) electrons. The summed E-state index contributed by atoms with van der Waals surface area (Å²) in [4.78, 5) is 38.6. The zero-order chi connectivity index (χ0) is 17.3. The zero-order valence-electron chi connectivity index (χ0n) is 14.6. The predicted octanol–water partition coefficient (Wildman–Crippen LogP) is 0.601. The minimum atomic E-state index is -0.796. The van der Waals surface area contributed by atoms with E-state index >= 15 is 0 Å². The first-order valence-corrected chi connectivity index (χ1v) is 9.08. The standard InChI is InChI=1S/C17H28N4O3/c1-11-6-8-18-9-13(11)19-14(22)10-21-15(23)17(20-16(21)24)7-4-3-5-12(17)2/h11-13,18H,3-10H2,1-2H3,(H,19,22)(H,20,24). The quantitative estimate of drug-likeness (QED) is 0.658. The maximum absolute atomic E-state index is 12.8. The highest BCUT2D eigenvalue weighted by atomic mass is 16.2. The summed E-state index contributed by atoms with van der Waals surface area (Å²) in [6, 6.07) is -0.381. The van der Waals surface area contributed by atoms with Crippen LogP contribution in [0.2, 0.25) is 0 Å². The Morgan fingerprint density at radius 2 is 2.08 bits per heavy atom. The molecule has 7 heteroatoms. The SMILES string of the molecule is CC1CCNCC1NC(=O)CN1C(=O)NC2(CCCCC2C)C1=O. The molecule has 0 aromatic rings. The maximum Gasteiger partial charge on any atom is 0.325 e. The number of nitrogens with zero attached hydrogens (tertiary/aromatic N) is 1. The number of urea groups is 1. The van der Waals surface area contributed by atoms with Crippen molar-refractivity contribution in [1.29, 1.82) is 0 Å². The van der Waals surface area contributed by atoms with E-state index in [1.807, 2.05) is 6.92 Å². The monoisotopic (exact) mass is 336 g/mol. The summed E-state index contributed by atoms with van der Waals surface area (Å²) >= 11 is 0. The second-order valence-corrected chi connectivity index (χ2v) is 7.58. The minimum absolute atomic E-state index is 0.0505. The van der Waals surface area contributed by atoms with E-state index in [9.17, 15) is 14.4 Å². The Labute approximate surface area is 142 Å². The number of amides is 4. The van der Waals surface area contributed by atoms with Crippen LogP contribution in [0.5, 0.6) is 0 Å². The van der Waals surface area contributed by atoms with E-state index < -0.39 is 11.6 Å². The number of imide groups is 1. The molecule has 3 aliphatic rings. The van der Waals surface area contributed by atoms with E-state index in [0.29, 0.717) is 12.3 Å². The Balaban J connectivity index is 1.63. The highest BCUT2D eigenvalue weighted by Gasteiger charge is 2.55. The summed E-state index contributed by atoms with van der Waals surface area (Å²) in [5.74, 6) is 0.00516. The van der Waals surface area contributed by atoms with Gasteiger partial charge in [-0.05, 0) is 37.6 Å². The highest BCUT2D eigenvalue weighted by Crippen LogP contribution is 2.38. The molecule has 4 unspecified atom stereocenters. The average Bonchev–Trinajstić information content (AvgIpc) is 2.78. The van der Waals surface area contributed by atoms with E-state index in [4.69, 9.17) is 0 Å². The molecule has 134 valence electrons. The van der Waals surface area contributed by atoms with Crippen molar-refractivity contribution in [2.24, 2.45) is 11.8 Å². The second kappa shape index (κ2) is 6.70. The molecule has 1 saturated carbocycles. The van der Waals surface area contributed by atoms with Gasteiger partial charge in [0.2, 0.25) is 5.91 Å². The Bertz CT molecular complexity index is 538. The van der Waals surface area contributed by atoms with Gasteiger partial charge in [-0.2, -0.15) is 0 Å². The van der Waals surface area contributed by atoms with Gasteiger partial charge in [0, 0.05) is 12.6 Å². The molecular weight excluding hydrogens is 308 g/mol. The molecule has 0 bridgehead atoms. The zero-order valence-corrected chi connectivity index (χ0v) is 14.6. The number of nitrogens with one attached hydrogen (secondary N) is 3. The Kier molecular flexibility index (Phi) is 4.80. The predicted molar refractivity (Wildman–Crippen MR) is 89.2 cm³/mol. The Morgan fingerprint density at radius 1 is 1.29 bits per heavy atom. The van der Waals surface area contributed by atoms with Gasteiger partial charge in [0.15, 0.2) is 0 Å². The van der Waals surface area contributed by atoms with Gasteiger partial charge in [-0.25, -0.2) is 4.79 Å². The molecule has 3 rings (SSSR count). The molecule has 2 saturated heterocycles. The van der Waals surface area contributed by atoms with E-state index in [1.54, 1.807) is 0 Å². The third kappa shape index (κ3) is 3.01. The van der Waals surface area contributed by atoms with Crippen molar-refractivity contribution in [3.63, 3.8) is 0 Å². The smallest absolute Gasteiger partial charge is 0.325 e. The number of hydrogen-bond donors (Lipinski definition) is 3. The number of piperidine rings is 1. The summed E-state index contributed by atoms with van der Waals surface area (Å²) < 4.78 is 0. The summed E-state index contributed by atoms with van der Waals surface area (Å²) in [6.07, 6.45) is 4.62. The van der Waals surface area contributed by atoms with E-state index in [2.05, 4.69) is 22.9 Å². The molecule has 24 heavy (non-hydrogen) atoms. The molecule has 3 N–H and O–H groups in total. The lowest BCUT2D eigenvalue weighted by molar-refractivity contribution is -0.137. The number of rotatable bonds is 3. The summed E-state index contributed by atoms with van der Waals surface area (Å²) in [5, 5.41) is 9.11. The van der Waals surface area contributed by atoms with Crippen LogP contribution in [-0.2, 0) is 9.59 Å². The van der Waals surface area contributed by atoms with Gasteiger partial charge in [-0.3, -0.25) is 14.5 Å². The fourth-order valence-electron chi connectivity index (χ4n) is 4.22. The fraction of sp³-hybridized carbons (Fsp3) is 0.824. The number of carbonyl (C=O) groups is 3. The minimum Gasteiger partial charge on any atom is -0.350 e. The van der Waals surface area contributed by atoms with Crippen molar-refractivity contribution in [2.75, 3.05) is 19.6 Å². The topological polar surface area (TPSA) is 90.5 Å². The van der Waals surface area contributed by atoms with E-state index in [0.717, 1.165) is 43.7 Å². The summed E-state index contributed by atoms with van der Waals surface area (Å²) in [5.41, 5.74) is -0.796. The lowest BCUT2D eigenvalue weighted by Crippen LogP contribution is -2.55. The van der Waals surface area contributed by atoms with Crippen molar-refractivity contribution >= 4 is 17.8 Å². The van der Waals surface area contributed by atoms with Gasteiger partial charge in [-0.1, -0.05) is 26.7 Å². The lowest BCUT2D eigenvalue weighted by Gasteiger charge is -2.36. The number of hydrogen-bond acceptors (Lipinski definition) is 4. The molecule has 4 amide bonds. The van der Waals surface area contributed by atoms with Crippen LogP contribution in [-0.4, -0.2) is 54.0 Å². The van der Waals surface area contributed by atoms with Gasteiger partial charge in [0.05, 0.1) is 0 Å². The molecule has 2 aliphatic heterocycles. The third-order valence-electron chi connectivity index (χ3n) is 5.98. The molecule has 1 spiro atoms. The van der Waals surface area contributed by atoms with Crippen molar-refractivity contribution < 1.29 is 14.4 Å². The normalized spacial score (nSPS) is 36.8. The molecule has 0 aromatic heterocycles. The van der Waals surface area contributed by atoms with Crippen LogP contribution in [0.1, 0.15) is 46.0 Å². The summed E-state index contributed by atoms with van der Waals surface area (Å²) in [7, 11) is 0. The van der Waals surface area contributed by atoms with Crippen LogP contribution in [0.25, 0.3) is 0 Å². The van der Waals surface area contributed by atoms with Gasteiger partial charge < -0.3 is 16.0 Å². The summed E-state index contributed by atoms with van der Waals surface area (Å²) in [6.45, 7) is 5.62. The number of carbonyl (C=O) groups excluding carboxylic acids is 3. The highest BCUT2D eigenvalue weighted by molar-refractivity contribution is 6.09. The lowest BCUT2D eigenvalue weighted by atomic mass is 9.73. The van der Waals surface area contributed by atoms with Crippen molar-refractivity contribution in [3.8, 4) is 0 Å². The third-order valence-corrected chi connectivity index (χ3v) is 5.98. The van der Waals surface area contributed by atoms with Crippen LogP contribution in [0.3, 0.4) is 0 Å². The maximum atomic E-state index is 12.8. The fourth-order valence-corrected chi connectivity index (χ4v) is 4.22. The Morgan fingerprint density at radius 3 is 2.79 bits per heavy atom. The first-order chi connectivity index (χ1) is 11.4. The molecule has 7 nitrogen and oxygen atoms in total. The first-order valence-electron chi connectivity index (χ1n) is 9.08. The van der Waals surface area contributed by atoms with Crippen LogP contribution < -0.4 is 16.0 Å². The molecule has 1 aliphatic carbocycles. The first kappa shape index (κ1) is 17.2. The molecule has 2 heterocycles. The Hall–Kier alpha value is -1.63. The molecular formula is C17H28N4O3. The van der Waals surface area contributed by atoms with Crippen LogP contribution in [0.15, 0.2) is 0 Å². The van der Waals surface area contributed by atoms with Crippen molar-refractivity contribution in [1.82, 2.24) is 20.9 Å². The second-order valence-electron chi connectivity index (χ2n) is 7.58. The van der Waals surface area contributed by atoms with Crippen LogP contribution in [0.4, 0.5) is 4.79 Å². The van der Waals surface area contributed by atoms with Gasteiger partial charge in [-0.15, -0.1) is 0 Å². The van der Waals surface area contributed by atoms with Crippen molar-refractivity contribution in [3.05, 3.63) is 0 Å². The van der Waals surface area contributed by atoms with Crippen molar-refractivity contribution in [2.45, 2.75) is 57.5 Å². The molecule has 4 atom stereocenters.